The molecule has 0 saturated heterocycles. The molecule has 4 nitrogen and oxygen atoms in total. The number of amides is 1. The van der Waals surface area contributed by atoms with Crippen molar-refractivity contribution in [3.8, 4) is 0 Å². The number of carbonyl (C=O) groups is 2. The first-order valence-corrected chi connectivity index (χ1v) is 7.06. The van der Waals surface area contributed by atoms with Gasteiger partial charge in [-0.15, -0.1) is 6.58 Å². The van der Waals surface area contributed by atoms with Crippen LogP contribution in [0.4, 0.5) is 0 Å². The number of hydrogen-bond donors (Lipinski definition) is 1. The monoisotopic (exact) mass is 309 g/mol. The maximum Gasteiger partial charge on any atom is 0.323 e. The van der Waals surface area contributed by atoms with Crippen LogP contribution in [0.25, 0.3) is 0 Å². The summed E-state index contributed by atoms with van der Waals surface area (Å²) in [5.74, 6) is -1.50. The Morgan fingerprint density at radius 1 is 1.33 bits per heavy atom. The number of aliphatic carboxylic acids is 1. The lowest BCUT2D eigenvalue weighted by molar-refractivity contribution is -0.146. The zero-order chi connectivity index (χ0) is 16.0. The van der Waals surface area contributed by atoms with Crippen LogP contribution in [0.15, 0.2) is 36.4 Å². The van der Waals surface area contributed by atoms with E-state index in [4.69, 9.17) is 16.7 Å². The van der Waals surface area contributed by atoms with Gasteiger partial charge in [0.2, 0.25) is 5.91 Å². The molecule has 114 valence electrons. The van der Waals surface area contributed by atoms with Gasteiger partial charge >= 0.3 is 5.97 Å². The SMILES string of the molecule is C=C(C)CC(C)C(=O)N(CC(=O)O)Cc1ccc(Cl)cc1. The van der Waals surface area contributed by atoms with E-state index in [1.807, 2.05) is 6.92 Å². The van der Waals surface area contributed by atoms with Crippen molar-refractivity contribution >= 4 is 23.5 Å². The highest BCUT2D eigenvalue weighted by molar-refractivity contribution is 6.30. The van der Waals surface area contributed by atoms with E-state index >= 15 is 0 Å². The van der Waals surface area contributed by atoms with Gasteiger partial charge in [0.1, 0.15) is 6.54 Å². The summed E-state index contributed by atoms with van der Waals surface area (Å²) in [6, 6.07) is 7.01. The van der Waals surface area contributed by atoms with E-state index in [-0.39, 0.29) is 24.9 Å². The normalized spacial score (nSPS) is 11.8. The van der Waals surface area contributed by atoms with Crippen molar-refractivity contribution in [2.24, 2.45) is 5.92 Å². The van der Waals surface area contributed by atoms with Gasteiger partial charge in [-0.2, -0.15) is 0 Å². The van der Waals surface area contributed by atoms with Crippen LogP contribution in [0.3, 0.4) is 0 Å². The lowest BCUT2D eigenvalue weighted by Crippen LogP contribution is -2.38. The van der Waals surface area contributed by atoms with Gasteiger partial charge in [-0.05, 0) is 31.0 Å². The number of allylic oxidation sites excluding steroid dienone is 1. The highest BCUT2D eigenvalue weighted by atomic mass is 35.5. The summed E-state index contributed by atoms with van der Waals surface area (Å²) in [7, 11) is 0. The molecule has 1 atom stereocenters. The largest absolute Gasteiger partial charge is 0.480 e. The topological polar surface area (TPSA) is 57.6 Å². The molecule has 0 aliphatic carbocycles. The van der Waals surface area contributed by atoms with Crippen LogP contribution < -0.4 is 0 Å². The van der Waals surface area contributed by atoms with Crippen LogP contribution in [0.1, 0.15) is 25.8 Å². The summed E-state index contributed by atoms with van der Waals surface area (Å²) >= 11 is 5.82. The highest BCUT2D eigenvalue weighted by Gasteiger charge is 2.22. The molecule has 0 spiro atoms. The van der Waals surface area contributed by atoms with Crippen molar-refractivity contribution in [2.75, 3.05) is 6.54 Å². The van der Waals surface area contributed by atoms with E-state index in [0.29, 0.717) is 11.4 Å². The molecule has 1 amide bonds. The van der Waals surface area contributed by atoms with Gasteiger partial charge in [0.25, 0.3) is 0 Å². The molecule has 0 aromatic heterocycles. The molecular weight excluding hydrogens is 290 g/mol. The molecule has 21 heavy (non-hydrogen) atoms. The Labute approximate surface area is 130 Å². The van der Waals surface area contributed by atoms with Gasteiger partial charge in [0, 0.05) is 17.5 Å². The first-order chi connectivity index (χ1) is 9.79. The molecule has 0 aliphatic rings. The Morgan fingerprint density at radius 3 is 2.38 bits per heavy atom. The Morgan fingerprint density at radius 2 is 1.90 bits per heavy atom. The Balaban J connectivity index is 2.84. The molecule has 0 saturated carbocycles. The highest BCUT2D eigenvalue weighted by Crippen LogP contribution is 2.16. The average molecular weight is 310 g/mol. The summed E-state index contributed by atoms with van der Waals surface area (Å²) in [6.45, 7) is 7.36. The van der Waals surface area contributed by atoms with Gasteiger partial charge in [0.15, 0.2) is 0 Å². The fourth-order valence-corrected chi connectivity index (χ4v) is 2.23. The minimum absolute atomic E-state index is 0.185. The molecule has 0 radical (unpaired) electrons. The number of benzene rings is 1. The summed E-state index contributed by atoms with van der Waals surface area (Å²) in [6.07, 6.45) is 0.551. The smallest absolute Gasteiger partial charge is 0.323 e. The number of carboxylic acid groups (broad SMARTS) is 1. The van der Waals surface area contributed by atoms with Gasteiger partial charge in [-0.1, -0.05) is 36.2 Å². The van der Waals surface area contributed by atoms with Crippen molar-refractivity contribution in [1.29, 1.82) is 0 Å². The van der Waals surface area contributed by atoms with E-state index in [2.05, 4.69) is 6.58 Å². The molecule has 0 heterocycles. The van der Waals surface area contributed by atoms with E-state index in [1.165, 1.54) is 4.90 Å². The molecule has 1 aromatic rings. The molecule has 5 heteroatoms. The third kappa shape index (κ3) is 6.00. The molecule has 1 aromatic carbocycles. The molecule has 0 aliphatic heterocycles. The van der Waals surface area contributed by atoms with Crippen molar-refractivity contribution in [2.45, 2.75) is 26.8 Å². The number of nitrogens with zero attached hydrogens (tertiary/aromatic N) is 1. The van der Waals surface area contributed by atoms with E-state index < -0.39 is 5.97 Å². The van der Waals surface area contributed by atoms with E-state index in [0.717, 1.165) is 11.1 Å². The summed E-state index contributed by atoms with van der Waals surface area (Å²) < 4.78 is 0. The number of carbonyl (C=O) groups excluding carboxylic acids is 1. The predicted octanol–water partition coefficient (Wildman–Crippen LogP) is 3.36. The quantitative estimate of drug-likeness (QED) is 0.786. The van der Waals surface area contributed by atoms with Gasteiger partial charge in [0.05, 0.1) is 0 Å². The second kappa shape index (κ2) is 7.84. The third-order valence-electron chi connectivity index (χ3n) is 3.00. The molecule has 0 bridgehead atoms. The van der Waals surface area contributed by atoms with E-state index in [9.17, 15) is 9.59 Å². The predicted molar refractivity (Wildman–Crippen MR) is 83.1 cm³/mol. The van der Waals surface area contributed by atoms with Crippen LogP contribution in [0.5, 0.6) is 0 Å². The fraction of sp³-hybridized carbons (Fsp3) is 0.375. The lowest BCUT2D eigenvalue weighted by atomic mass is 10.0. The standard InChI is InChI=1S/C16H20ClNO3/c1-11(2)8-12(3)16(21)18(10-15(19)20)9-13-4-6-14(17)7-5-13/h4-7,12H,1,8-10H2,2-3H3,(H,19,20). The van der Waals surface area contributed by atoms with Crippen molar-refractivity contribution in [3.63, 3.8) is 0 Å². The van der Waals surface area contributed by atoms with Gasteiger partial charge < -0.3 is 10.0 Å². The van der Waals surface area contributed by atoms with Crippen LogP contribution in [0.2, 0.25) is 5.02 Å². The Kier molecular flexibility index (Phi) is 6.43. The second-order valence-electron chi connectivity index (χ2n) is 5.28. The molecule has 1 rings (SSSR count). The first kappa shape index (κ1) is 17.2. The third-order valence-corrected chi connectivity index (χ3v) is 3.25. The maximum atomic E-state index is 12.4. The summed E-state index contributed by atoms with van der Waals surface area (Å²) in [5, 5.41) is 9.59. The second-order valence-corrected chi connectivity index (χ2v) is 5.71. The van der Waals surface area contributed by atoms with Gasteiger partial charge in [-0.3, -0.25) is 9.59 Å². The molecular formula is C16H20ClNO3. The number of carboxylic acids is 1. The van der Waals surface area contributed by atoms with Crippen LogP contribution >= 0.6 is 11.6 Å². The van der Waals surface area contributed by atoms with Crippen LogP contribution in [-0.2, 0) is 16.1 Å². The molecule has 1 N–H and O–H groups in total. The number of halogens is 1. The number of hydrogen-bond acceptors (Lipinski definition) is 2. The number of rotatable bonds is 7. The van der Waals surface area contributed by atoms with E-state index in [1.54, 1.807) is 31.2 Å². The molecule has 1 unspecified atom stereocenters. The van der Waals surface area contributed by atoms with Crippen molar-refractivity contribution in [3.05, 3.63) is 47.0 Å². The zero-order valence-corrected chi connectivity index (χ0v) is 13.1. The van der Waals surface area contributed by atoms with Crippen molar-refractivity contribution in [1.82, 2.24) is 4.90 Å². The minimum atomic E-state index is -1.03. The first-order valence-electron chi connectivity index (χ1n) is 6.69. The van der Waals surface area contributed by atoms with Gasteiger partial charge in [-0.25, -0.2) is 0 Å². The van der Waals surface area contributed by atoms with Crippen LogP contribution in [0, 0.1) is 5.92 Å². The Hall–Kier alpha value is -1.81. The fourth-order valence-electron chi connectivity index (χ4n) is 2.11. The maximum absolute atomic E-state index is 12.4. The van der Waals surface area contributed by atoms with Crippen LogP contribution in [-0.4, -0.2) is 28.4 Å². The summed E-state index contributed by atoms with van der Waals surface area (Å²) in [4.78, 5) is 24.7. The summed E-state index contributed by atoms with van der Waals surface area (Å²) in [5.41, 5.74) is 1.74. The molecule has 0 fully saturated rings. The zero-order valence-electron chi connectivity index (χ0n) is 12.3. The minimum Gasteiger partial charge on any atom is -0.480 e. The average Bonchev–Trinajstić information content (AvgIpc) is 2.38. The Bertz CT molecular complexity index is 525. The lowest BCUT2D eigenvalue weighted by Gasteiger charge is -2.24. The van der Waals surface area contributed by atoms with Crippen molar-refractivity contribution < 1.29 is 14.7 Å².